The molecule has 4 rings (SSSR count). The maximum atomic E-state index is 12.8. The third-order valence-corrected chi connectivity index (χ3v) is 6.16. The van der Waals surface area contributed by atoms with E-state index in [2.05, 4.69) is 4.98 Å². The van der Waals surface area contributed by atoms with E-state index in [1.165, 1.54) is 11.3 Å². The second kappa shape index (κ2) is 6.72. The Bertz CT molecular complexity index is 850. The molecule has 136 valence electrons. The molecule has 2 aliphatic rings. The van der Waals surface area contributed by atoms with Gasteiger partial charge in [-0.15, -0.1) is 11.3 Å². The van der Waals surface area contributed by atoms with Crippen molar-refractivity contribution >= 4 is 23.2 Å². The summed E-state index contributed by atoms with van der Waals surface area (Å²) in [5, 5.41) is 0.850. The SMILES string of the molecule is COc1ccccc1-c1ncc(CN2C(=O)[C@@H]3CCCN3C(=O)[C@@H]2C)s1. The average molecular weight is 371 g/mol. The van der Waals surface area contributed by atoms with Gasteiger partial charge in [0.05, 0.1) is 19.2 Å². The van der Waals surface area contributed by atoms with Crippen molar-refractivity contribution < 1.29 is 14.3 Å². The monoisotopic (exact) mass is 371 g/mol. The summed E-state index contributed by atoms with van der Waals surface area (Å²) in [5.41, 5.74) is 0.933. The number of piperazine rings is 1. The summed E-state index contributed by atoms with van der Waals surface area (Å²) in [4.78, 5) is 34.3. The first-order valence-corrected chi connectivity index (χ1v) is 9.61. The zero-order valence-corrected chi connectivity index (χ0v) is 15.7. The van der Waals surface area contributed by atoms with Gasteiger partial charge < -0.3 is 14.5 Å². The molecule has 7 heteroatoms. The number of hydrogen-bond acceptors (Lipinski definition) is 5. The molecule has 0 unspecified atom stereocenters. The minimum Gasteiger partial charge on any atom is -0.496 e. The Labute approximate surface area is 156 Å². The maximum absolute atomic E-state index is 12.8. The van der Waals surface area contributed by atoms with Crippen LogP contribution in [0, 0.1) is 0 Å². The van der Waals surface area contributed by atoms with Crippen LogP contribution in [-0.2, 0) is 16.1 Å². The third kappa shape index (κ3) is 2.76. The van der Waals surface area contributed by atoms with Gasteiger partial charge in [0.2, 0.25) is 11.8 Å². The number of methoxy groups -OCH3 is 1. The molecule has 0 saturated carbocycles. The number of nitrogens with zero attached hydrogens (tertiary/aromatic N) is 3. The summed E-state index contributed by atoms with van der Waals surface area (Å²) in [5.74, 6) is 0.885. The van der Waals surface area contributed by atoms with E-state index in [4.69, 9.17) is 4.74 Å². The molecule has 2 fully saturated rings. The van der Waals surface area contributed by atoms with Gasteiger partial charge in [-0.05, 0) is 31.9 Å². The molecule has 1 aromatic carbocycles. The zero-order chi connectivity index (χ0) is 18.3. The summed E-state index contributed by atoms with van der Waals surface area (Å²) in [6.07, 6.45) is 3.46. The van der Waals surface area contributed by atoms with Crippen LogP contribution in [0.25, 0.3) is 10.6 Å². The lowest BCUT2D eigenvalue weighted by Gasteiger charge is -2.40. The van der Waals surface area contributed by atoms with Gasteiger partial charge in [-0.25, -0.2) is 4.98 Å². The quantitative estimate of drug-likeness (QED) is 0.829. The molecule has 2 aromatic rings. The number of aromatic nitrogens is 1. The van der Waals surface area contributed by atoms with E-state index in [1.807, 2.05) is 31.2 Å². The van der Waals surface area contributed by atoms with E-state index in [1.54, 1.807) is 23.1 Å². The molecule has 0 N–H and O–H groups in total. The Balaban J connectivity index is 1.57. The number of benzene rings is 1. The Kier molecular flexibility index (Phi) is 4.40. The van der Waals surface area contributed by atoms with Crippen LogP contribution in [0.2, 0.25) is 0 Å². The Morgan fingerprint density at radius 2 is 2.08 bits per heavy atom. The molecule has 26 heavy (non-hydrogen) atoms. The van der Waals surface area contributed by atoms with Crippen molar-refractivity contribution in [3.05, 3.63) is 35.3 Å². The normalized spacial score (nSPS) is 22.7. The molecule has 1 aromatic heterocycles. The molecule has 0 spiro atoms. The summed E-state index contributed by atoms with van der Waals surface area (Å²) in [6.45, 7) is 2.94. The molecule has 2 amide bonds. The number of amides is 2. The first kappa shape index (κ1) is 17.0. The summed E-state index contributed by atoms with van der Waals surface area (Å²) in [7, 11) is 1.64. The van der Waals surface area contributed by atoms with E-state index in [-0.39, 0.29) is 17.9 Å². The van der Waals surface area contributed by atoms with Crippen LogP contribution >= 0.6 is 11.3 Å². The van der Waals surface area contributed by atoms with E-state index in [9.17, 15) is 9.59 Å². The van der Waals surface area contributed by atoms with Crippen LogP contribution in [0.15, 0.2) is 30.5 Å². The maximum Gasteiger partial charge on any atom is 0.246 e. The Hall–Kier alpha value is -2.41. The van der Waals surface area contributed by atoms with Crippen LogP contribution in [0.5, 0.6) is 5.75 Å². The van der Waals surface area contributed by atoms with Gasteiger partial charge in [-0.3, -0.25) is 9.59 Å². The molecule has 3 heterocycles. The lowest BCUT2D eigenvalue weighted by Crippen LogP contribution is -2.61. The van der Waals surface area contributed by atoms with Crippen molar-refractivity contribution in [2.24, 2.45) is 0 Å². The first-order valence-electron chi connectivity index (χ1n) is 8.79. The number of rotatable bonds is 4. The predicted octanol–water partition coefficient (Wildman–Crippen LogP) is 2.54. The summed E-state index contributed by atoms with van der Waals surface area (Å²) in [6, 6.07) is 7.04. The molecule has 0 bridgehead atoms. The van der Waals surface area contributed by atoms with E-state index in [0.717, 1.165) is 34.0 Å². The van der Waals surface area contributed by atoms with Crippen molar-refractivity contribution in [3.8, 4) is 16.3 Å². The Morgan fingerprint density at radius 3 is 2.88 bits per heavy atom. The van der Waals surface area contributed by atoms with E-state index < -0.39 is 6.04 Å². The molecule has 2 atom stereocenters. The van der Waals surface area contributed by atoms with Crippen LogP contribution < -0.4 is 4.74 Å². The number of thiazole rings is 1. The number of ether oxygens (including phenoxy) is 1. The highest BCUT2D eigenvalue weighted by Gasteiger charge is 2.45. The minimum absolute atomic E-state index is 0.0570. The third-order valence-electron chi connectivity index (χ3n) is 5.15. The summed E-state index contributed by atoms with van der Waals surface area (Å²) >= 11 is 1.53. The standard InChI is InChI=1S/C19H21N3O3S/c1-12-18(23)21-9-5-7-15(21)19(24)22(12)11-13-10-20-17(26-13)14-6-3-4-8-16(14)25-2/h3-4,6,8,10,12,15H,5,7,9,11H2,1-2H3/t12-,15-/m0/s1. The van der Waals surface area contributed by atoms with Crippen molar-refractivity contribution in [2.45, 2.75) is 38.4 Å². The average Bonchev–Trinajstić information content (AvgIpc) is 3.33. The molecular weight excluding hydrogens is 350 g/mol. The smallest absolute Gasteiger partial charge is 0.246 e. The van der Waals surface area contributed by atoms with Crippen molar-refractivity contribution in [3.63, 3.8) is 0 Å². The lowest BCUT2D eigenvalue weighted by molar-refractivity contribution is -0.159. The largest absolute Gasteiger partial charge is 0.496 e. The molecule has 2 aliphatic heterocycles. The van der Waals surface area contributed by atoms with Crippen molar-refractivity contribution in [1.82, 2.24) is 14.8 Å². The number of carbonyl (C=O) groups is 2. The topological polar surface area (TPSA) is 62.7 Å². The van der Waals surface area contributed by atoms with Crippen LogP contribution in [0.1, 0.15) is 24.6 Å². The highest BCUT2D eigenvalue weighted by molar-refractivity contribution is 7.15. The van der Waals surface area contributed by atoms with Gasteiger partial charge >= 0.3 is 0 Å². The predicted molar refractivity (Wildman–Crippen MR) is 98.8 cm³/mol. The van der Waals surface area contributed by atoms with Crippen molar-refractivity contribution in [1.29, 1.82) is 0 Å². The molecular formula is C19H21N3O3S. The van der Waals surface area contributed by atoms with Crippen LogP contribution in [0.4, 0.5) is 0 Å². The number of carbonyl (C=O) groups excluding carboxylic acids is 2. The Morgan fingerprint density at radius 1 is 1.27 bits per heavy atom. The van der Waals surface area contributed by atoms with Gasteiger partial charge in [0.25, 0.3) is 0 Å². The number of fused-ring (bicyclic) bond motifs is 1. The fraction of sp³-hybridized carbons (Fsp3) is 0.421. The zero-order valence-electron chi connectivity index (χ0n) is 14.8. The molecule has 0 radical (unpaired) electrons. The van der Waals surface area contributed by atoms with Gasteiger partial charge in [-0.2, -0.15) is 0 Å². The summed E-state index contributed by atoms with van der Waals surface area (Å²) < 4.78 is 5.41. The lowest BCUT2D eigenvalue weighted by atomic mass is 10.1. The van der Waals surface area contributed by atoms with Crippen LogP contribution in [0.3, 0.4) is 0 Å². The van der Waals surface area contributed by atoms with Gasteiger partial charge in [-0.1, -0.05) is 12.1 Å². The molecule has 6 nitrogen and oxygen atoms in total. The van der Waals surface area contributed by atoms with Crippen molar-refractivity contribution in [2.75, 3.05) is 13.7 Å². The fourth-order valence-electron chi connectivity index (χ4n) is 3.75. The van der Waals surface area contributed by atoms with E-state index >= 15 is 0 Å². The highest BCUT2D eigenvalue weighted by atomic mass is 32.1. The van der Waals surface area contributed by atoms with Gasteiger partial charge in [0.1, 0.15) is 22.8 Å². The number of hydrogen-bond donors (Lipinski definition) is 0. The molecule has 2 saturated heterocycles. The highest BCUT2D eigenvalue weighted by Crippen LogP contribution is 2.34. The first-order chi connectivity index (χ1) is 12.6. The van der Waals surface area contributed by atoms with Crippen LogP contribution in [-0.4, -0.2) is 52.3 Å². The second-order valence-corrected chi connectivity index (χ2v) is 7.78. The van der Waals surface area contributed by atoms with Gasteiger partial charge in [0, 0.05) is 17.6 Å². The molecule has 0 aliphatic carbocycles. The van der Waals surface area contributed by atoms with E-state index in [0.29, 0.717) is 13.1 Å². The number of para-hydroxylation sites is 1. The second-order valence-electron chi connectivity index (χ2n) is 6.66. The fourth-order valence-corrected chi connectivity index (χ4v) is 4.69. The minimum atomic E-state index is -0.423. The van der Waals surface area contributed by atoms with Gasteiger partial charge in [0.15, 0.2) is 0 Å².